The van der Waals surface area contributed by atoms with Gasteiger partial charge in [0.1, 0.15) is 11.5 Å². The van der Waals surface area contributed by atoms with Crippen LogP contribution in [-0.2, 0) is 0 Å². The van der Waals surface area contributed by atoms with E-state index in [9.17, 15) is 14.7 Å². The van der Waals surface area contributed by atoms with Crippen LogP contribution in [0.5, 0.6) is 11.5 Å². The van der Waals surface area contributed by atoms with Gasteiger partial charge >= 0.3 is 5.97 Å². The van der Waals surface area contributed by atoms with E-state index >= 15 is 0 Å². The second kappa shape index (κ2) is 9.32. The highest BCUT2D eigenvalue weighted by Crippen LogP contribution is 2.27. The molecule has 7 heteroatoms. The standard InChI is InChI=1S/C25H17ClN2O4/c26-18-12-9-17(10-13-18)25(31)32-23-14-11-16-5-1-2-6-19(16)21(23)15-27-28-24(30)20-7-3-4-8-22(20)29/h1-15,29H,(H,28,30). The Morgan fingerprint density at radius 2 is 1.62 bits per heavy atom. The van der Waals surface area contributed by atoms with Gasteiger partial charge in [-0.1, -0.05) is 54.1 Å². The number of aromatic hydroxyl groups is 1. The fourth-order valence-electron chi connectivity index (χ4n) is 3.12. The van der Waals surface area contributed by atoms with Crippen LogP contribution in [0.2, 0.25) is 5.02 Å². The molecule has 1 amide bonds. The molecule has 158 valence electrons. The third-order valence-electron chi connectivity index (χ3n) is 4.72. The van der Waals surface area contributed by atoms with Crippen LogP contribution < -0.4 is 10.2 Å². The molecule has 32 heavy (non-hydrogen) atoms. The third kappa shape index (κ3) is 4.61. The number of amides is 1. The van der Waals surface area contributed by atoms with Gasteiger partial charge in [0.25, 0.3) is 5.91 Å². The van der Waals surface area contributed by atoms with Crippen LogP contribution in [-0.4, -0.2) is 23.2 Å². The van der Waals surface area contributed by atoms with Crippen LogP contribution in [0.15, 0.2) is 90.0 Å². The molecule has 4 aromatic carbocycles. The number of para-hydroxylation sites is 1. The molecule has 0 spiro atoms. The lowest BCUT2D eigenvalue weighted by atomic mass is 10.0. The molecule has 0 atom stereocenters. The number of halogens is 1. The highest BCUT2D eigenvalue weighted by Gasteiger charge is 2.14. The Morgan fingerprint density at radius 3 is 2.41 bits per heavy atom. The van der Waals surface area contributed by atoms with Crippen LogP contribution in [0.1, 0.15) is 26.3 Å². The smallest absolute Gasteiger partial charge is 0.343 e. The molecule has 4 rings (SSSR count). The van der Waals surface area contributed by atoms with Crippen molar-refractivity contribution in [3.63, 3.8) is 0 Å². The van der Waals surface area contributed by atoms with Gasteiger partial charge in [-0.3, -0.25) is 4.79 Å². The number of hydrogen-bond donors (Lipinski definition) is 2. The first-order chi connectivity index (χ1) is 15.5. The molecule has 0 heterocycles. The number of rotatable bonds is 5. The van der Waals surface area contributed by atoms with Gasteiger partial charge < -0.3 is 9.84 Å². The summed E-state index contributed by atoms with van der Waals surface area (Å²) in [6, 6.07) is 23.5. The van der Waals surface area contributed by atoms with Crippen LogP contribution >= 0.6 is 11.6 Å². The Morgan fingerprint density at radius 1 is 0.906 bits per heavy atom. The number of carbonyl (C=O) groups is 2. The summed E-state index contributed by atoms with van der Waals surface area (Å²) < 4.78 is 5.61. The second-order valence-electron chi connectivity index (χ2n) is 6.81. The maximum atomic E-state index is 12.6. The maximum absolute atomic E-state index is 12.6. The molecule has 0 radical (unpaired) electrons. The van der Waals surface area contributed by atoms with Crippen molar-refractivity contribution in [2.45, 2.75) is 0 Å². The van der Waals surface area contributed by atoms with Crippen molar-refractivity contribution >= 4 is 40.5 Å². The van der Waals surface area contributed by atoms with Gasteiger partial charge in [0.15, 0.2) is 0 Å². The van der Waals surface area contributed by atoms with Crippen molar-refractivity contribution in [2.75, 3.05) is 0 Å². The minimum Gasteiger partial charge on any atom is -0.507 e. The number of carbonyl (C=O) groups excluding carboxylic acids is 2. The Balaban J connectivity index is 1.63. The van der Waals surface area contributed by atoms with E-state index in [1.165, 1.54) is 18.3 Å². The van der Waals surface area contributed by atoms with E-state index < -0.39 is 11.9 Å². The Labute approximate surface area is 188 Å². The van der Waals surface area contributed by atoms with Crippen LogP contribution in [0.4, 0.5) is 0 Å². The van der Waals surface area contributed by atoms with Crippen LogP contribution in [0, 0.1) is 0 Å². The molecule has 0 aliphatic rings. The largest absolute Gasteiger partial charge is 0.507 e. The first kappa shape index (κ1) is 21.1. The summed E-state index contributed by atoms with van der Waals surface area (Å²) >= 11 is 5.88. The molecule has 4 aromatic rings. The molecule has 0 bridgehead atoms. The van der Waals surface area contributed by atoms with E-state index in [0.29, 0.717) is 16.1 Å². The molecule has 6 nitrogen and oxygen atoms in total. The summed E-state index contributed by atoms with van der Waals surface area (Å²) in [7, 11) is 0. The van der Waals surface area contributed by atoms with Crippen molar-refractivity contribution in [1.82, 2.24) is 5.43 Å². The van der Waals surface area contributed by atoms with E-state index in [4.69, 9.17) is 16.3 Å². The zero-order valence-electron chi connectivity index (χ0n) is 16.7. The second-order valence-corrected chi connectivity index (χ2v) is 7.25. The number of esters is 1. The molecule has 0 saturated carbocycles. The normalized spacial score (nSPS) is 10.9. The maximum Gasteiger partial charge on any atom is 0.343 e. The van der Waals surface area contributed by atoms with Crippen LogP contribution in [0.25, 0.3) is 10.8 Å². The van der Waals surface area contributed by atoms with Gasteiger partial charge in [-0.15, -0.1) is 0 Å². The number of benzene rings is 4. The Hall–Kier alpha value is -4.16. The summed E-state index contributed by atoms with van der Waals surface area (Å²) in [5.74, 6) is -0.990. The molecule has 2 N–H and O–H groups in total. The quantitative estimate of drug-likeness (QED) is 0.192. The highest BCUT2D eigenvalue weighted by atomic mass is 35.5. The number of fused-ring (bicyclic) bond motifs is 1. The number of ether oxygens (including phenoxy) is 1. The molecule has 0 aromatic heterocycles. The lowest BCUT2D eigenvalue weighted by molar-refractivity contribution is 0.0734. The summed E-state index contributed by atoms with van der Waals surface area (Å²) in [6.07, 6.45) is 1.41. The number of nitrogens with one attached hydrogen (secondary N) is 1. The number of hydrogen-bond acceptors (Lipinski definition) is 5. The third-order valence-corrected chi connectivity index (χ3v) is 4.97. The first-order valence-corrected chi connectivity index (χ1v) is 10.0. The van der Waals surface area contributed by atoms with Crippen molar-refractivity contribution in [1.29, 1.82) is 0 Å². The fraction of sp³-hybridized carbons (Fsp3) is 0. The lowest BCUT2D eigenvalue weighted by Crippen LogP contribution is -2.18. The number of hydrazone groups is 1. The van der Waals surface area contributed by atoms with E-state index in [0.717, 1.165) is 10.8 Å². The average Bonchev–Trinajstić information content (AvgIpc) is 2.80. The minimum atomic E-state index is -0.570. The van der Waals surface area contributed by atoms with Gasteiger partial charge in [0.2, 0.25) is 0 Å². The average molecular weight is 445 g/mol. The van der Waals surface area contributed by atoms with Gasteiger partial charge in [-0.05, 0) is 53.2 Å². The van der Waals surface area contributed by atoms with Gasteiger partial charge in [0.05, 0.1) is 17.3 Å². The summed E-state index contributed by atoms with van der Waals surface area (Å²) in [6.45, 7) is 0. The molecular formula is C25H17ClN2O4. The first-order valence-electron chi connectivity index (χ1n) is 9.64. The highest BCUT2D eigenvalue weighted by molar-refractivity contribution is 6.30. The van der Waals surface area contributed by atoms with Gasteiger partial charge in [-0.2, -0.15) is 5.10 Å². The van der Waals surface area contributed by atoms with Crippen molar-refractivity contribution in [3.8, 4) is 11.5 Å². The topological polar surface area (TPSA) is 88.0 Å². The van der Waals surface area contributed by atoms with Crippen molar-refractivity contribution in [2.24, 2.45) is 5.10 Å². The van der Waals surface area contributed by atoms with E-state index in [-0.39, 0.29) is 17.1 Å². The van der Waals surface area contributed by atoms with Crippen molar-refractivity contribution in [3.05, 3.63) is 107 Å². The van der Waals surface area contributed by atoms with Gasteiger partial charge in [0, 0.05) is 10.6 Å². The van der Waals surface area contributed by atoms with Crippen molar-refractivity contribution < 1.29 is 19.4 Å². The Kier molecular flexibility index (Phi) is 6.14. The SMILES string of the molecule is O=C(Oc1ccc2ccccc2c1C=NNC(=O)c1ccccc1O)c1ccc(Cl)cc1. The number of phenolic OH excluding ortho intramolecular Hbond substituents is 1. The molecular weight excluding hydrogens is 428 g/mol. The Bertz CT molecular complexity index is 1330. The molecule has 0 aliphatic carbocycles. The van der Waals surface area contributed by atoms with E-state index in [2.05, 4.69) is 10.5 Å². The molecule has 0 aliphatic heterocycles. The number of phenols is 1. The zero-order chi connectivity index (χ0) is 22.5. The summed E-state index contributed by atoms with van der Waals surface area (Å²) in [5, 5.41) is 16.1. The number of nitrogens with zero attached hydrogens (tertiary/aromatic N) is 1. The molecule has 0 fully saturated rings. The zero-order valence-corrected chi connectivity index (χ0v) is 17.4. The lowest BCUT2D eigenvalue weighted by Gasteiger charge is -2.11. The van der Waals surface area contributed by atoms with E-state index in [1.807, 2.05) is 30.3 Å². The van der Waals surface area contributed by atoms with E-state index in [1.54, 1.807) is 42.5 Å². The molecule has 0 saturated heterocycles. The minimum absolute atomic E-state index is 0.0944. The molecule has 0 unspecified atom stereocenters. The predicted octanol–water partition coefficient (Wildman–Crippen LogP) is 5.18. The van der Waals surface area contributed by atoms with Gasteiger partial charge in [-0.25, -0.2) is 10.2 Å². The monoisotopic (exact) mass is 444 g/mol. The van der Waals surface area contributed by atoms with Crippen LogP contribution in [0.3, 0.4) is 0 Å². The predicted molar refractivity (Wildman–Crippen MR) is 124 cm³/mol. The summed E-state index contributed by atoms with van der Waals surface area (Å²) in [4.78, 5) is 24.9. The summed E-state index contributed by atoms with van der Waals surface area (Å²) in [5.41, 5.74) is 3.34. The fourth-order valence-corrected chi connectivity index (χ4v) is 3.25.